The second-order valence-corrected chi connectivity index (χ2v) is 3.28. The fourth-order valence-electron chi connectivity index (χ4n) is 1.17. The number of nitrogens with two attached hydrogens (primary N) is 1. The highest BCUT2D eigenvalue weighted by Gasteiger charge is 2.09. The molecule has 0 bridgehead atoms. The maximum absolute atomic E-state index is 11.0. The Bertz CT molecular complexity index is 357. The molecule has 15 heavy (non-hydrogen) atoms. The van der Waals surface area contributed by atoms with Gasteiger partial charge in [0.15, 0.2) is 0 Å². The van der Waals surface area contributed by atoms with Crippen LogP contribution in [-0.4, -0.2) is 13.1 Å². The number of alkyl halides is 1. The van der Waals surface area contributed by atoms with Crippen LogP contribution in [-0.2, 0) is 5.33 Å². The number of hydrogen-bond acceptors (Lipinski definition) is 3. The molecule has 0 fully saturated rings. The molecular weight excluding hydrogens is 262 g/mol. The molecule has 0 saturated heterocycles. The third kappa shape index (κ3) is 2.84. The molecule has 1 rings (SSSR count). The van der Waals surface area contributed by atoms with Gasteiger partial charge >= 0.3 is 6.03 Å². The first kappa shape index (κ1) is 11.8. The summed E-state index contributed by atoms with van der Waals surface area (Å²) < 4.78 is 5.16. The van der Waals surface area contributed by atoms with Crippen LogP contribution in [0.15, 0.2) is 18.2 Å². The van der Waals surface area contributed by atoms with Crippen molar-refractivity contribution in [2.24, 2.45) is 5.84 Å². The van der Waals surface area contributed by atoms with Gasteiger partial charge < -0.3 is 10.1 Å². The minimum atomic E-state index is -0.467. The van der Waals surface area contributed by atoms with Crippen molar-refractivity contribution in [2.45, 2.75) is 5.33 Å². The average molecular weight is 274 g/mol. The molecule has 0 saturated carbocycles. The molecule has 2 amide bonds. The predicted molar refractivity (Wildman–Crippen MR) is 62.0 cm³/mol. The van der Waals surface area contributed by atoms with Crippen molar-refractivity contribution in [3.8, 4) is 5.75 Å². The van der Waals surface area contributed by atoms with Gasteiger partial charge in [0, 0.05) is 10.9 Å². The van der Waals surface area contributed by atoms with Crippen molar-refractivity contribution in [1.29, 1.82) is 0 Å². The SMILES string of the molecule is COc1cccc(NC(=O)NN)c1CBr. The first-order chi connectivity index (χ1) is 7.22. The quantitative estimate of drug-likeness (QED) is 0.339. The monoisotopic (exact) mass is 273 g/mol. The van der Waals surface area contributed by atoms with E-state index in [1.165, 1.54) is 0 Å². The van der Waals surface area contributed by atoms with Gasteiger partial charge in [-0.3, -0.25) is 5.43 Å². The van der Waals surface area contributed by atoms with Crippen LogP contribution in [0.1, 0.15) is 5.56 Å². The molecule has 1 aromatic carbocycles. The molecule has 1 aromatic rings. The Hall–Kier alpha value is -1.27. The lowest BCUT2D eigenvalue weighted by Gasteiger charge is -2.12. The number of nitrogens with one attached hydrogen (secondary N) is 2. The Balaban J connectivity index is 3.00. The molecule has 4 N–H and O–H groups in total. The largest absolute Gasteiger partial charge is 0.496 e. The van der Waals surface area contributed by atoms with Gasteiger partial charge in [0.2, 0.25) is 0 Å². The number of amides is 2. The third-order valence-corrected chi connectivity index (χ3v) is 2.43. The lowest BCUT2D eigenvalue weighted by molar-refractivity contribution is 0.252. The van der Waals surface area contributed by atoms with E-state index in [0.717, 1.165) is 5.56 Å². The second kappa shape index (κ2) is 5.57. The van der Waals surface area contributed by atoms with Crippen LogP contribution in [0.3, 0.4) is 0 Å². The summed E-state index contributed by atoms with van der Waals surface area (Å²) in [5.41, 5.74) is 3.52. The summed E-state index contributed by atoms with van der Waals surface area (Å²) in [6.07, 6.45) is 0. The number of benzene rings is 1. The van der Waals surface area contributed by atoms with Gasteiger partial charge in [-0.2, -0.15) is 0 Å². The van der Waals surface area contributed by atoms with E-state index >= 15 is 0 Å². The number of halogens is 1. The summed E-state index contributed by atoms with van der Waals surface area (Å²) >= 11 is 3.33. The van der Waals surface area contributed by atoms with Crippen LogP contribution >= 0.6 is 15.9 Å². The van der Waals surface area contributed by atoms with Gasteiger partial charge in [0.1, 0.15) is 5.75 Å². The molecule has 5 nitrogen and oxygen atoms in total. The highest BCUT2D eigenvalue weighted by Crippen LogP contribution is 2.28. The number of ether oxygens (including phenoxy) is 1. The number of methoxy groups -OCH3 is 1. The lowest BCUT2D eigenvalue weighted by atomic mass is 10.2. The summed E-state index contributed by atoms with van der Waals surface area (Å²) in [4.78, 5) is 11.0. The first-order valence-electron chi connectivity index (χ1n) is 4.22. The Morgan fingerprint density at radius 3 is 2.87 bits per heavy atom. The second-order valence-electron chi connectivity index (χ2n) is 2.72. The van der Waals surface area contributed by atoms with Crippen LogP contribution in [0.25, 0.3) is 0 Å². The minimum Gasteiger partial charge on any atom is -0.496 e. The van der Waals surface area contributed by atoms with Gasteiger partial charge in [0.25, 0.3) is 0 Å². The zero-order chi connectivity index (χ0) is 11.3. The van der Waals surface area contributed by atoms with Gasteiger partial charge in [0.05, 0.1) is 12.8 Å². The van der Waals surface area contributed by atoms with Crippen molar-refractivity contribution in [1.82, 2.24) is 5.43 Å². The number of hydrogen-bond donors (Lipinski definition) is 3. The molecule has 6 heteroatoms. The van der Waals surface area contributed by atoms with E-state index < -0.39 is 6.03 Å². The van der Waals surface area contributed by atoms with Crippen molar-refractivity contribution in [3.05, 3.63) is 23.8 Å². The van der Waals surface area contributed by atoms with Gasteiger partial charge in [-0.15, -0.1) is 0 Å². The number of carbonyl (C=O) groups excluding carboxylic acids is 1. The standard InChI is InChI=1S/C9H12BrN3O2/c1-15-8-4-2-3-7(6(8)5-10)12-9(14)13-11/h2-4H,5,11H2,1H3,(H2,12,13,14). The Morgan fingerprint density at radius 1 is 1.60 bits per heavy atom. The maximum Gasteiger partial charge on any atom is 0.333 e. The molecule has 82 valence electrons. The Labute approximate surface area is 96.1 Å². The highest BCUT2D eigenvalue weighted by molar-refractivity contribution is 9.08. The minimum absolute atomic E-state index is 0.467. The van der Waals surface area contributed by atoms with Gasteiger partial charge in [-0.25, -0.2) is 10.6 Å². The summed E-state index contributed by atoms with van der Waals surface area (Å²) in [6.45, 7) is 0. The summed E-state index contributed by atoms with van der Waals surface area (Å²) in [7, 11) is 1.58. The van der Waals surface area contributed by atoms with E-state index in [9.17, 15) is 4.79 Å². The van der Waals surface area contributed by atoms with E-state index in [4.69, 9.17) is 10.6 Å². The number of rotatable bonds is 3. The highest BCUT2D eigenvalue weighted by atomic mass is 79.9. The van der Waals surface area contributed by atoms with Crippen LogP contribution < -0.4 is 21.3 Å². The van der Waals surface area contributed by atoms with E-state index in [0.29, 0.717) is 16.8 Å². The fourth-order valence-corrected chi connectivity index (χ4v) is 1.75. The first-order valence-corrected chi connectivity index (χ1v) is 5.34. The summed E-state index contributed by atoms with van der Waals surface area (Å²) in [5.74, 6) is 5.69. The predicted octanol–water partition coefficient (Wildman–Crippen LogP) is 1.59. The molecule has 0 spiro atoms. The maximum atomic E-state index is 11.0. The molecule has 0 aliphatic rings. The van der Waals surface area contributed by atoms with E-state index in [2.05, 4.69) is 21.2 Å². The van der Waals surface area contributed by atoms with E-state index in [1.54, 1.807) is 19.2 Å². The lowest BCUT2D eigenvalue weighted by Crippen LogP contribution is -2.34. The van der Waals surface area contributed by atoms with E-state index in [1.807, 2.05) is 11.5 Å². The number of anilines is 1. The average Bonchev–Trinajstić information content (AvgIpc) is 2.28. The van der Waals surface area contributed by atoms with Crippen LogP contribution in [0, 0.1) is 0 Å². The number of hydrazine groups is 1. The summed E-state index contributed by atoms with van der Waals surface area (Å²) in [6, 6.07) is 4.92. The zero-order valence-electron chi connectivity index (χ0n) is 8.21. The molecule has 0 atom stereocenters. The molecular formula is C9H12BrN3O2. The van der Waals surface area contributed by atoms with Crippen LogP contribution in [0.2, 0.25) is 0 Å². The smallest absolute Gasteiger partial charge is 0.333 e. The Kier molecular flexibility index (Phi) is 4.38. The van der Waals surface area contributed by atoms with Crippen molar-refractivity contribution < 1.29 is 9.53 Å². The molecule has 0 aromatic heterocycles. The number of urea groups is 1. The fraction of sp³-hybridized carbons (Fsp3) is 0.222. The van der Waals surface area contributed by atoms with Crippen molar-refractivity contribution in [3.63, 3.8) is 0 Å². The van der Waals surface area contributed by atoms with Gasteiger partial charge in [-0.1, -0.05) is 22.0 Å². The molecule has 0 aliphatic heterocycles. The van der Waals surface area contributed by atoms with E-state index in [-0.39, 0.29) is 0 Å². The molecule has 0 radical (unpaired) electrons. The molecule has 0 aliphatic carbocycles. The topological polar surface area (TPSA) is 76.4 Å². The third-order valence-electron chi connectivity index (χ3n) is 1.87. The number of carbonyl (C=O) groups is 1. The molecule has 0 heterocycles. The Morgan fingerprint density at radius 2 is 2.33 bits per heavy atom. The van der Waals surface area contributed by atoms with Gasteiger partial charge in [-0.05, 0) is 12.1 Å². The van der Waals surface area contributed by atoms with Crippen LogP contribution in [0.4, 0.5) is 10.5 Å². The van der Waals surface area contributed by atoms with Crippen LogP contribution in [0.5, 0.6) is 5.75 Å². The normalized spacial score (nSPS) is 9.53. The van der Waals surface area contributed by atoms with Crippen molar-refractivity contribution >= 4 is 27.6 Å². The summed E-state index contributed by atoms with van der Waals surface area (Å²) in [5, 5.41) is 3.18. The zero-order valence-corrected chi connectivity index (χ0v) is 9.80. The van der Waals surface area contributed by atoms with Crippen molar-refractivity contribution in [2.75, 3.05) is 12.4 Å². The molecule has 0 unspecified atom stereocenters.